The van der Waals surface area contributed by atoms with Gasteiger partial charge in [0, 0.05) is 17.6 Å². The molecule has 1 heterocycles. The van der Waals surface area contributed by atoms with Gasteiger partial charge in [0.05, 0.1) is 0 Å². The Balaban J connectivity index is 2.32. The molecule has 0 saturated carbocycles. The van der Waals surface area contributed by atoms with Crippen molar-refractivity contribution in [3.8, 4) is 0 Å². The molecule has 1 fully saturated rings. The zero-order valence-electron chi connectivity index (χ0n) is 13.7. The third-order valence-electron chi connectivity index (χ3n) is 4.01. The van der Waals surface area contributed by atoms with Crippen molar-refractivity contribution in [2.24, 2.45) is 17.5 Å². The number of nitrogens with zero attached hydrogens (tertiary/aromatic N) is 1. The highest BCUT2D eigenvalue weighted by Gasteiger charge is 2.37. The predicted molar refractivity (Wildman–Crippen MR) is 83.0 cm³/mol. The summed E-state index contributed by atoms with van der Waals surface area (Å²) in [5.41, 5.74) is 5.22. The van der Waals surface area contributed by atoms with Crippen LogP contribution in [0, 0.1) is 5.92 Å². The lowest BCUT2D eigenvalue weighted by atomic mass is 9.74. The van der Waals surface area contributed by atoms with Gasteiger partial charge in [0.25, 0.3) is 0 Å². The number of carbonyl (C=O) groups is 2. The molecule has 0 aromatic carbocycles. The number of hydrazine groups is 1. The summed E-state index contributed by atoms with van der Waals surface area (Å²) in [5.74, 6) is 4.35. The van der Waals surface area contributed by atoms with Crippen LogP contribution < -0.4 is 16.9 Å². The molecule has 0 radical (unpaired) electrons. The van der Waals surface area contributed by atoms with Crippen molar-refractivity contribution in [1.29, 1.82) is 0 Å². The van der Waals surface area contributed by atoms with Gasteiger partial charge in [0.15, 0.2) is 0 Å². The van der Waals surface area contributed by atoms with Crippen LogP contribution in [-0.2, 0) is 9.59 Å². The largest absolute Gasteiger partial charge is 0.361 e. The van der Waals surface area contributed by atoms with E-state index in [2.05, 4.69) is 33.0 Å². The van der Waals surface area contributed by atoms with Gasteiger partial charge >= 0.3 is 11.8 Å². The Morgan fingerprint density at radius 3 is 2.14 bits per heavy atom. The highest BCUT2D eigenvalue weighted by atomic mass is 16.2. The molecule has 0 atom stereocenters. The molecule has 1 rings (SSSR count). The van der Waals surface area contributed by atoms with E-state index in [4.69, 9.17) is 11.6 Å². The Kier molecular flexibility index (Phi) is 5.75. The predicted octanol–water partition coefficient (Wildman–Crippen LogP) is 0.901. The third kappa shape index (κ3) is 6.01. The molecule has 0 aromatic heterocycles. The maximum atomic E-state index is 11.2. The number of hydrogen-bond acceptors (Lipinski definition) is 4. The van der Waals surface area contributed by atoms with E-state index in [0.29, 0.717) is 12.5 Å². The fraction of sp³-hybridized carbons (Fsp3) is 0.867. The molecule has 0 bridgehead atoms. The summed E-state index contributed by atoms with van der Waals surface area (Å²) < 4.78 is 0. The molecule has 0 unspecified atom stereocenters. The van der Waals surface area contributed by atoms with Crippen molar-refractivity contribution in [1.82, 2.24) is 10.3 Å². The molecule has 0 aliphatic carbocycles. The standard InChI is InChI=1S/C15H30N4O2/c1-14(2)9-11(10-15(3,4)18-14)7-5-6-8-19(17)13(21)12(16)20/h11,18H,5-10,17H2,1-4H3,(H2,16,20). The molecule has 6 nitrogen and oxygen atoms in total. The lowest BCUT2D eigenvalue weighted by molar-refractivity contribution is -0.144. The van der Waals surface area contributed by atoms with E-state index in [-0.39, 0.29) is 11.1 Å². The Hall–Kier alpha value is -1.14. The fourth-order valence-corrected chi connectivity index (χ4v) is 3.70. The number of nitrogens with two attached hydrogens (primary N) is 2. The molecule has 122 valence electrons. The molecule has 2 amide bonds. The zero-order chi connectivity index (χ0) is 16.3. The van der Waals surface area contributed by atoms with E-state index >= 15 is 0 Å². The number of piperidine rings is 1. The van der Waals surface area contributed by atoms with Gasteiger partial charge in [-0.15, -0.1) is 0 Å². The molecular formula is C15H30N4O2. The topological polar surface area (TPSA) is 101 Å². The minimum atomic E-state index is -1.00. The van der Waals surface area contributed by atoms with Crippen LogP contribution in [0.15, 0.2) is 0 Å². The maximum absolute atomic E-state index is 11.2. The fourth-order valence-electron chi connectivity index (χ4n) is 3.70. The molecular weight excluding hydrogens is 268 g/mol. The number of nitrogens with one attached hydrogen (secondary N) is 1. The van der Waals surface area contributed by atoms with Gasteiger partial charge in [-0.05, 0) is 52.9 Å². The number of rotatable bonds is 5. The smallest absolute Gasteiger partial charge is 0.325 e. The van der Waals surface area contributed by atoms with Gasteiger partial charge in [-0.3, -0.25) is 14.6 Å². The molecule has 5 N–H and O–H groups in total. The van der Waals surface area contributed by atoms with Gasteiger partial charge in [-0.2, -0.15) is 0 Å². The second kappa shape index (κ2) is 6.75. The minimum absolute atomic E-state index is 0.161. The van der Waals surface area contributed by atoms with Crippen molar-refractivity contribution in [2.45, 2.75) is 70.9 Å². The number of amides is 2. The van der Waals surface area contributed by atoms with E-state index in [9.17, 15) is 9.59 Å². The first-order valence-corrected chi connectivity index (χ1v) is 7.68. The van der Waals surface area contributed by atoms with Crippen molar-refractivity contribution in [3.05, 3.63) is 0 Å². The average Bonchev–Trinajstić information content (AvgIpc) is 2.29. The summed E-state index contributed by atoms with van der Waals surface area (Å²) in [6.45, 7) is 9.35. The molecule has 1 aliphatic heterocycles. The van der Waals surface area contributed by atoms with Gasteiger partial charge in [-0.25, -0.2) is 5.84 Å². The Bertz CT molecular complexity index is 377. The van der Waals surface area contributed by atoms with Crippen LogP contribution >= 0.6 is 0 Å². The molecule has 6 heteroatoms. The van der Waals surface area contributed by atoms with Crippen LogP contribution in [0.25, 0.3) is 0 Å². The van der Waals surface area contributed by atoms with E-state index in [0.717, 1.165) is 37.1 Å². The molecule has 21 heavy (non-hydrogen) atoms. The van der Waals surface area contributed by atoms with Crippen LogP contribution in [0.3, 0.4) is 0 Å². The van der Waals surface area contributed by atoms with Crippen molar-refractivity contribution in [3.63, 3.8) is 0 Å². The van der Waals surface area contributed by atoms with E-state index in [1.54, 1.807) is 0 Å². The SMILES string of the molecule is CC1(C)CC(CCCCN(N)C(=O)C(N)=O)CC(C)(C)N1. The Labute approximate surface area is 127 Å². The first-order chi connectivity index (χ1) is 9.52. The highest BCUT2D eigenvalue weighted by Crippen LogP contribution is 2.35. The highest BCUT2D eigenvalue weighted by molar-refractivity contribution is 6.34. The normalized spacial score (nSPS) is 21.0. The van der Waals surface area contributed by atoms with Gasteiger partial charge in [0.1, 0.15) is 0 Å². The lowest BCUT2D eigenvalue weighted by Crippen LogP contribution is -2.57. The summed E-state index contributed by atoms with van der Waals surface area (Å²) in [7, 11) is 0. The van der Waals surface area contributed by atoms with Crippen LogP contribution in [0.4, 0.5) is 0 Å². The van der Waals surface area contributed by atoms with Gasteiger partial charge in [-0.1, -0.05) is 12.8 Å². The van der Waals surface area contributed by atoms with Gasteiger partial charge in [0.2, 0.25) is 0 Å². The lowest BCUT2D eigenvalue weighted by Gasteiger charge is -2.46. The maximum Gasteiger partial charge on any atom is 0.325 e. The number of unbranched alkanes of at least 4 members (excludes halogenated alkanes) is 1. The Morgan fingerprint density at radius 2 is 1.67 bits per heavy atom. The van der Waals surface area contributed by atoms with Crippen molar-refractivity contribution in [2.75, 3.05) is 6.54 Å². The van der Waals surface area contributed by atoms with E-state index < -0.39 is 11.8 Å². The van der Waals surface area contributed by atoms with E-state index in [1.807, 2.05) is 0 Å². The van der Waals surface area contributed by atoms with Crippen LogP contribution in [0.1, 0.15) is 59.8 Å². The number of hydrogen-bond donors (Lipinski definition) is 3. The molecule has 0 spiro atoms. The van der Waals surface area contributed by atoms with Crippen LogP contribution in [0.5, 0.6) is 0 Å². The average molecular weight is 298 g/mol. The van der Waals surface area contributed by atoms with Crippen LogP contribution in [0.2, 0.25) is 0 Å². The molecule has 1 saturated heterocycles. The van der Waals surface area contributed by atoms with Crippen LogP contribution in [-0.4, -0.2) is 34.4 Å². The van der Waals surface area contributed by atoms with Crippen molar-refractivity contribution >= 4 is 11.8 Å². The number of primary amides is 1. The first kappa shape index (κ1) is 17.9. The minimum Gasteiger partial charge on any atom is -0.361 e. The summed E-state index contributed by atoms with van der Waals surface area (Å²) in [5, 5.41) is 4.59. The molecule has 1 aliphatic rings. The van der Waals surface area contributed by atoms with Crippen molar-refractivity contribution < 1.29 is 9.59 Å². The summed E-state index contributed by atoms with van der Waals surface area (Å²) >= 11 is 0. The third-order valence-corrected chi connectivity index (χ3v) is 4.01. The Morgan fingerprint density at radius 1 is 1.14 bits per heavy atom. The second-order valence-electron chi connectivity index (χ2n) is 7.53. The monoisotopic (exact) mass is 298 g/mol. The van der Waals surface area contributed by atoms with Gasteiger partial charge < -0.3 is 11.1 Å². The van der Waals surface area contributed by atoms with E-state index in [1.165, 1.54) is 0 Å². The summed E-state index contributed by atoms with van der Waals surface area (Å²) in [6, 6.07) is 0. The quantitative estimate of drug-likeness (QED) is 0.231. The summed E-state index contributed by atoms with van der Waals surface area (Å²) in [6.07, 6.45) is 5.22. The molecule has 0 aromatic rings. The second-order valence-corrected chi connectivity index (χ2v) is 7.53. The zero-order valence-corrected chi connectivity index (χ0v) is 13.7. The summed E-state index contributed by atoms with van der Waals surface area (Å²) in [4.78, 5) is 21.9. The first-order valence-electron chi connectivity index (χ1n) is 7.68. The number of carbonyl (C=O) groups excluding carboxylic acids is 2.